The second-order valence-corrected chi connectivity index (χ2v) is 8.42. The van der Waals surface area contributed by atoms with Crippen LogP contribution in [-0.2, 0) is 6.42 Å². The number of nitrogens with one attached hydrogen (secondary N) is 3. The molecule has 1 saturated heterocycles. The summed E-state index contributed by atoms with van der Waals surface area (Å²) in [4.78, 5) is 10.9. The number of benzene rings is 1. The number of aromatic nitrogens is 1. The van der Waals surface area contributed by atoms with Crippen LogP contribution >= 0.6 is 24.0 Å². The van der Waals surface area contributed by atoms with Crippen LogP contribution in [0.15, 0.2) is 35.5 Å². The van der Waals surface area contributed by atoms with Crippen LogP contribution in [0.5, 0.6) is 0 Å². The highest BCUT2D eigenvalue weighted by Crippen LogP contribution is 2.18. The van der Waals surface area contributed by atoms with Crippen molar-refractivity contribution in [2.75, 3.05) is 39.3 Å². The fourth-order valence-corrected chi connectivity index (χ4v) is 4.20. The zero-order chi connectivity index (χ0) is 19.8. The third kappa shape index (κ3) is 7.48. The third-order valence-electron chi connectivity index (χ3n) is 5.44. The molecule has 0 aliphatic carbocycles. The predicted molar refractivity (Wildman–Crippen MR) is 135 cm³/mol. The molecule has 3 N–H and O–H groups in total. The number of guanidine groups is 1. The number of hydrogen-bond acceptors (Lipinski definition) is 2. The van der Waals surface area contributed by atoms with Gasteiger partial charge in [0.25, 0.3) is 0 Å². The Labute approximate surface area is 193 Å². The number of aromatic amines is 1. The Morgan fingerprint density at radius 1 is 1.28 bits per heavy atom. The molecular formula is C23H38IN5. The molecule has 1 aliphatic rings. The largest absolute Gasteiger partial charge is 0.361 e. The van der Waals surface area contributed by atoms with Gasteiger partial charge in [0.05, 0.1) is 0 Å². The minimum absolute atomic E-state index is 0. The predicted octanol–water partition coefficient (Wildman–Crippen LogP) is 4.25. The fraction of sp³-hybridized carbons (Fsp3) is 0.609. The van der Waals surface area contributed by atoms with E-state index in [9.17, 15) is 0 Å². The molecule has 0 radical (unpaired) electrons. The lowest BCUT2D eigenvalue weighted by Crippen LogP contribution is -2.41. The molecule has 3 rings (SSSR count). The first-order chi connectivity index (χ1) is 13.7. The molecule has 1 fully saturated rings. The summed E-state index contributed by atoms with van der Waals surface area (Å²) in [6.07, 6.45) is 5.71. The van der Waals surface area contributed by atoms with E-state index in [-0.39, 0.29) is 24.0 Å². The topological polar surface area (TPSA) is 55.5 Å². The van der Waals surface area contributed by atoms with Crippen molar-refractivity contribution in [2.45, 2.75) is 40.0 Å². The Balaban J connectivity index is 0.00000300. The number of likely N-dealkylation sites (tertiary alicyclic amines) is 1. The molecule has 0 bridgehead atoms. The first kappa shape index (κ1) is 24.0. The second kappa shape index (κ2) is 12.4. The molecule has 2 heterocycles. The highest BCUT2D eigenvalue weighted by molar-refractivity contribution is 14.0. The Hall–Kier alpha value is -1.28. The normalized spacial score (nSPS) is 18.1. The summed E-state index contributed by atoms with van der Waals surface area (Å²) in [7, 11) is 0. The van der Waals surface area contributed by atoms with Crippen LogP contribution < -0.4 is 10.6 Å². The Kier molecular flexibility index (Phi) is 10.3. The summed E-state index contributed by atoms with van der Waals surface area (Å²) in [6.45, 7) is 13.1. The number of aliphatic imine (C=N–C) groups is 1. The van der Waals surface area contributed by atoms with Crippen LogP contribution in [0.4, 0.5) is 0 Å². The van der Waals surface area contributed by atoms with Crippen molar-refractivity contribution in [2.24, 2.45) is 16.8 Å². The maximum absolute atomic E-state index is 4.89. The van der Waals surface area contributed by atoms with Gasteiger partial charge in [0.15, 0.2) is 5.96 Å². The maximum Gasteiger partial charge on any atom is 0.191 e. The van der Waals surface area contributed by atoms with E-state index in [1.165, 1.54) is 48.9 Å². The van der Waals surface area contributed by atoms with Crippen LogP contribution in [-0.4, -0.2) is 55.1 Å². The van der Waals surface area contributed by atoms with Gasteiger partial charge in [-0.1, -0.05) is 32.0 Å². The molecule has 1 atom stereocenters. The summed E-state index contributed by atoms with van der Waals surface area (Å²) in [5.74, 6) is 2.37. The molecule has 0 amide bonds. The third-order valence-corrected chi connectivity index (χ3v) is 5.44. The molecule has 1 aromatic heterocycles. The number of piperidine rings is 1. The van der Waals surface area contributed by atoms with Crippen molar-refractivity contribution in [1.82, 2.24) is 20.5 Å². The number of halogens is 1. The van der Waals surface area contributed by atoms with Crippen molar-refractivity contribution in [3.8, 4) is 0 Å². The first-order valence-corrected chi connectivity index (χ1v) is 10.9. The molecule has 5 nitrogen and oxygen atoms in total. The molecule has 1 aliphatic heterocycles. The monoisotopic (exact) mass is 511 g/mol. The number of para-hydroxylation sites is 1. The van der Waals surface area contributed by atoms with Gasteiger partial charge in [-0.05, 0) is 56.2 Å². The van der Waals surface area contributed by atoms with Crippen LogP contribution in [0.2, 0.25) is 0 Å². The Bertz CT molecular complexity index is 755. The molecule has 0 saturated carbocycles. The molecule has 162 valence electrons. The molecule has 1 aromatic carbocycles. The maximum atomic E-state index is 4.89. The number of fused-ring (bicyclic) bond motifs is 1. The minimum Gasteiger partial charge on any atom is -0.361 e. The second-order valence-electron chi connectivity index (χ2n) is 8.42. The summed E-state index contributed by atoms with van der Waals surface area (Å²) < 4.78 is 0. The molecule has 1 unspecified atom stereocenters. The van der Waals surface area contributed by atoms with Gasteiger partial charge in [0, 0.05) is 49.8 Å². The lowest BCUT2D eigenvalue weighted by molar-refractivity contribution is 0.162. The average Bonchev–Trinajstić information content (AvgIpc) is 3.09. The van der Waals surface area contributed by atoms with Crippen molar-refractivity contribution >= 4 is 40.8 Å². The van der Waals surface area contributed by atoms with E-state index in [1.807, 2.05) is 0 Å². The van der Waals surface area contributed by atoms with E-state index in [4.69, 9.17) is 4.99 Å². The average molecular weight is 511 g/mol. The Morgan fingerprint density at radius 3 is 2.90 bits per heavy atom. The van der Waals surface area contributed by atoms with Crippen molar-refractivity contribution < 1.29 is 0 Å². The van der Waals surface area contributed by atoms with E-state index < -0.39 is 0 Å². The van der Waals surface area contributed by atoms with E-state index in [1.54, 1.807) is 0 Å². The van der Waals surface area contributed by atoms with E-state index >= 15 is 0 Å². The number of rotatable bonds is 8. The van der Waals surface area contributed by atoms with E-state index in [0.29, 0.717) is 5.92 Å². The van der Waals surface area contributed by atoms with E-state index in [0.717, 1.165) is 37.9 Å². The number of hydrogen-bond donors (Lipinski definition) is 3. The zero-order valence-corrected chi connectivity index (χ0v) is 20.5. The molecular weight excluding hydrogens is 473 g/mol. The minimum atomic E-state index is 0. The summed E-state index contributed by atoms with van der Waals surface area (Å²) in [5.41, 5.74) is 2.57. The van der Waals surface area contributed by atoms with Crippen molar-refractivity contribution in [3.63, 3.8) is 0 Å². The number of H-pyrrole nitrogens is 1. The van der Waals surface area contributed by atoms with Crippen LogP contribution in [0.3, 0.4) is 0 Å². The van der Waals surface area contributed by atoms with Crippen molar-refractivity contribution in [3.05, 3.63) is 36.0 Å². The smallest absolute Gasteiger partial charge is 0.191 e. The summed E-state index contributed by atoms with van der Waals surface area (Å²) in [6, 6.07) is 8.49. The molecule has 29 heavy (non-hydrogen) atoms. The number of nitrogens with zero attached hydrogens (tertiary/aromatic N) is 2. The van der Waals surface area contributed by atoms with Gasteiger partial charge < -0.3 is 20.5 Å². The van der Waals surface area contributed by atoms with Gasteiger partial charge in [-0.2, -0.15) is 0 Å². The van der Waals surface area contributed by atoms with Gasteiger partial charge in [0.2, 0.25) is 0 Å². The summed E-state index contributed by atoms with van der Waals surface area (Å²) >= 11 is 0. The van der Waals surface area contributed by atoms with E-state index in [2.05, 4.69) is 71.8 Å². The van der Waals surface area contributed by atoms with Crippen LogP contribution in [0.25, 0.3) is 10.9 Å². The Morgan fingerprint density at radius 2 is 2.10 bits per heavy atom. The van der Waals surface area contributed by atoms with Gasteiger partial charge >= 0.3 is 0 Å². The van der Waals surface area contributed by atoms with Gasteiger partial charge in [-0.25, -0.2) is 0 Å². The highest BCUT2D eigenvalue weighted by atomic mass is 127. The lowest BCUT2D eigenvalue weighted by Gasteiger charge is -2.33. The molecule has 2 aromatic rings. The first-order valence-electron chi connectivity index (χ1n) is 10.9. The van der Waals surface area contributed by atoms with Crippen molar-refractivity contribution in [1.29, 1.82) is 0 Å². The van der Waals surface area contributed by atoms with Crippen LogP contribution in [0, 0.1) is 11.8 Å². The molecule has 0 spiro atoms. The van der Waals surface area contributed by atoms with Gasteiger partial charge in [-0.15, -0.1) is 24.0 Å². The van der Waals surface area contributed by atoms with Gasteiger partial charge in [-0.3, -0.25) is 4.99 Å². The zero-order valence-electron chi connectivity index (χ0n) is 18.2. The summed E-state index contributed by atoms with van der Waals surface area (Å²) in [5, 5.41) is 8.24. The van der Waals surface area contributed by atoms with Gasteiger partial charge in [0.1, 0.15) is 0 Å². The SMILES string of the molecule is CCNC(=NCC1CCCN(CC(C)C)C1)NCCc1c[nH]c2ccccc12.I. The quantitative estimate of drug-likeness (QED) is 0.282. The lowest BCUT2D eigenvalue weighted by atomic mass is 9.97. The fourth-order valence-electron chi connectivity index (χ4n) is 4.20. The standard InChI is InChI=1S/C23H37N5.HI/c1-4-24-23(27-14-19-8-7-13-28(17-19)16-18(2)3)25-12-11-20-15-26-22-10-6-5-9-21(20)22;/h5-6,9-10,15,18-19,26H,4,7-8,11-14,16-17H2,1-3H3,(H2,24,25,27);1H. The van der Waals surface area contributed by atoms with Crippen LogP contribution in [0.1, 0.15) is 39.2 Å². The highest BCUT2D eigenvalue weighted by Gasteiger charge is 2.20. The molecule has 6 heteroatoms.